The topological polar surface area (TPSA) is 12.0 Å². The molecule has 2 rings (SSSR count). The van der Waals surface area contributed by atoms with Crippen molar-refractivity contribution in [3.8, 4) is 0 Å². The van der Waals surface area contributed by atoms with Gasteiger partial charge in [0.2, 0.25) is 0 Å². The van der Waals surface area contributed by atoms with Gasteiger partial charge in [-0.15, -0.1) is 0 Å². The van der Waals surface area contributed by atoms with Gasteiger partial charge in [-0.3, -0.25) is 0 Å². The van der Waals surface area contributed by atoms with E-state index in [2.05, 4.69) is 25.2 Å². The molecule has 0 aromatic rings. The van der Waals surface area contributed by atoms with Gasteiger partial charge >= 0.3 is 0 Å². The van der Waals surface area contributed by atoms with Gasteiger partial charge in [0.05, 0.1) is 0 Å². The SMILES string of the molecule is CC(C)C1=CCC2(CCNCC2)CC1. The second kappa shape index (κ2) is 4.06. The molecule has 1 spiro atoms. The van der Waals surface area contributed by atoms with Gasteiger partial charge in [-0.25, -0.2) is 0 Å². The van der Waals surface area contributed by atoms with Crippen molar-refractivity contribution in [1.29, 1.82) is 0 Å². The Morgan fingerprint density at radius 3 is 2.43 bits per heavy atom. The summed E-state index contributed by atoms with van der Waals surface area (Å²) in [5.41, 5.74) is 2.39. The van der Waals surface area contributed by atoms with Gasteiger partial charge in [0, 0.05) is 0 Å². The van der Waals surface area contributed by atoms with Crippen LogP contribution in [-0.2, 0) is 0 Å². The molecule has 1 aliphatic heterocycles. The Hall–Kier alpha value is -0.300. The van der Waals surface area contributed by atoms with E-state index in [1.807, 2.05) is 0 Å². The highest BCUT2D eigenvalue weighted by molar-refractivity contribution is 5.12. The fourth-order valence-corrected chi connectivity index (χ4v) is 2.90. The lowest BCUT2D eigenvalue weighted by Crippen LogP contribution is -2.37. The second-order valence-corrected chi connectivity index (χ2v) is 5.39. The molecular weight excluding hydrogens is 170 g/mol. The van der Waals surface area contributed by atoms with Crippen molar-refractivity contribution in [2.75, 3.05) is 13.1 Å². The fourth-order valence-electron chi connectivity index (χ4n) is 2.90. The summed E-state index contributed by atoms with van der Waals surface area (Å²) in [6.07, 6.45) is 9.49. The lowest BCUT2D eigenvalue weighted by Gasteiger charge is -2.40. The predicted molar refractivity (Wildman–Crippen MR) is 61.3 cm³/mol. The summed E-state index contributed by atoms with van der Waals surface area (Å²) in [7, 11) is 0. The minimum atomic E-state index is 0.684. The number of rotatable bonds is 1. The molecule has 14 heavy (non-hydrogen) atoms. The van der Waals surface area contributed by atoms with Crippen molar-refractivity contribution in [2.24, 2.45) is 11.3 Å². The standard InChI is InChI=1S/C13H23N/c1-11(2)12-3-5-13(6-4-12)7-9-14-10-8-13/h3,11,14H,4-10H2,1-2H3. The van der Waals surface area contributed by atoms with Crippen LogP contribution in [0.15, 0.2) is 11.6 Å². The molecule has 1 saturated heterocycles. The third-order valence-electron chi connectivity index (χ3n) is 4.15. The third-order valence-corrected chi connectivity index (χ3v) is 4.15. The molecule has 2 aliphatic rings. The maximum atomic E-state index is 3.47. The highest BCUT2D eigenvalue weighted by atomic mass is 14.9. The van der Waals surface area contributed by atoms with E-state index >= 15 is 0 Å². The lowest BCUT2D eigenvalue weighted by molar-refractivity contribution is 0.177. The van der Waals surface area contributed by atoms with Gasteiger partial charge in [0.1, 0.15) is 0 Å². The molecule has 80 valence electrons. The van der Waals surface area contributed by atoms with E-state index in [1.165, 1.54) is 45.2 Å². The van der Waals surface area contributed by atoms with Crippen LogP contribution < -0.4 is 5.32 Å². The van der Waals surface area contributed by atoms with Gasteiger partial charge in [0.15, 0.2) is 0 Å². The molecule has 1 fully saturated rings. The van der Waals surface area contributed by atoms with E-state index in [1.54, 1.807) is 5.57 Å². The Balaban J connectivity index is 1.99. The summed E-state index contributed by atoms with van der Waals surface area (Å²) in [6.45, 7) is 7.13. The van der Waals surface area contributed by atoms with Crippen LogP contribution in [0, 0.1) is 11.3 Å². The van der Waals surface area contributed by atoms with Crippen molar-refractivity contribution >= 4 is 0 Å². The summed E-state index contributed by atoms with van der Waals surface area (Å²) in [5, 5.41) is 3.47. The average Bonchev–Trinajstić information content (AvgIpc) is 2.19. The molecule has 1 heterocycles. The molecule has 0 aromatic carbocycles. The summed E-state index contributed by atoms with van der Waals surface area (Å²) >= 11 is 0. The summed E-state index contributed by atoms with van der Waals surface area (Å²) in [6, 6.07) is 0. The Bertz CT molecular complexity index is 221. The number of hydrogen-bond acceptors (Lipinski definition) is 1. The molecule has 0 unspecified atom stereocenters. The first-order valence-corrected chi connectivity index (χ1v) is 6.12. The first kappa shape index (κ1) is 10.2. The van der Waals surface area contributed by atoms with Crippen LogP contribution in [-0.4, -0.2) is 13.1 Å². The van der Waals surface area contributed by atoms with Gasteiger partial charge in [-0.2, -0.15) is 0 Å². The minimum Gasteiger partial charge on any atom is -0.317 e. The monoisotopic (exact) mass is 193 g/mol. The molecule has 0 bridgehead atoms. The fraction of sp³-hybridized carbons (Fsp3) is 0.846. The zero-order valence-corrected chi connectivity index (χ0v) is 9.60. The number of hydrogen-bond donors (Lipinski definition) is 1. The van der Waals surface area contributed by atoms with Crippen molar-refractivity contribution in [3.63, 3.8) is 0 Å². The third kappa shape index (κ3) is 2.03. The van der Waals surface area contributed by atoms with Crippen molar-refractivity contribution in [2.45, 2.75) is 46.0 Å². The Morgan fingerprint density at radius 2 is 1.93 bits per heavy atom. The molecular formula is C13H23N. The lowest BCUT2D eigenvalue weighted by atomic mass is 9.68. The van der Waals surface area contributed by atoms with Crippen molar-refractivity contribution in [1.82, 2.24) is 5.32 Å². The van der Waals surface area contributed by atoms with Gasteiger partial charge in [0.25, 0.3) is 0 Å². The zero-order valence-electron chi connectivity index (χ0n) is 9.60. The molecule has 1 N–H and O–H groups in total. The quantitative estimate of drug-likeness (QED) is 0.631. The average molecular weight is 193 g/mol. The highest BCUT2D eigenvalue weighted by Crippen LogP contribution is 2.43. The van der Waals surface area contributed by atoms with E-state index in [0.717, 1.165) is 5.92 Å². The first-order valence-electron chi connectivity index (χ1n) is 6.12. The molecule has 0 amide bonds. The van der Waals surface area contributed by atoms with E-state index in [-0.39, 0.29) is 0 Å². The van der Waals surface area contributed by atoms with Crippen LogP contribution in [0.1, 0.15) is 46.0 Å². The Labute approximate surface area is 88.0 Å². The van der Waals surface area contributed by atoms with Crippen molar-refractivity contribution < 1.29 is 0 Å². The summed E-state index contributed by atoms with van der Waals surface area (Å²) in [4.78, 5) is 0. The zero-order chi connectivity index (χ0) is 10.0. The molecule has 1 aliphatic carbocycles. The molecule has 0 saturated carbocycles. The van der Waals surface area contributed by atoms with Gasteiger partial charge in [-0.1, -0.05) is 25.5 Å². The van der Waals surface area contributed by atoms with E-state index in [0.29, 0.717) is 5.41 Å². The molecule has 0 atom stereocenters. The van der Waals surface area contributed by atoms with E-state index < -0.39 is 0 Å². The maximum Gasteiger partial charge on any atom is -0.00435 e. The van der Waals surface area contributed by atoms with Gasteiger partial charge < -0.3 is 5.32 Å². The number of allylic oxidation sites excluding steroid dienone is 2. The maximum absolute atomic E-state index is 3.47. The highest BCUT2D eigenvalue weighted by Gasteiger charge is 2.33. The number of nitrogens with one attached hydrogen (secondary N) is 1. The van der Waals surface area contributed by atoms with E-state index in [4.69, 9.17) is 0 Å². The first-order chi connectivity index (χ1) is 6.72. The molecule has 0 radical (unpaired) electrons. The van der Waals surface area contributed by atoms with Crippen LogP contribution in [0.3, 0.4) is 0 Å². The minimum absolute atomic E-state index is 0.684. The van der Waals surface area contributed by atoms with Crippen LogP contribution in [0.5, 0.6) is 0 Å². The molecule has 0 aromatic heterocycles. The van der Waals surface area contributed by atoms with Crippen LogP contribution in [0.2, 0.25) is 0 Å². The molecule has 1 heteroatoms. The largest absolute Gasteiger partial charge is 0.317 e. The summed E-state index contributed by atoms with van der Waals surface area (Å²) < 4.78 is 0. The Kier molecular flexibility index (Phi) is 2.96. The van der Waals surface area contributed by atoms with Crippen LogP contribution in [0.25, 0.3) is 0 Å². The number of piperidine rings is 1. The smallest absolute Gasteiger partial charge is 0.00435 e. The van der Waals surface area contributed by atoms with E-state index in [9.17, 15) is 0 Å². The predicted octanol–water partition coefficient (Wildman–Crippen LogP) is 3.12. The summed E-state index contributed by atoms with van der Waals surface area (Å²) in [5.74, 6) is 0.772. The normalized spacial score (nSPS) is 26.6. The van der Waals surface area contributed by atoms with Crippen LogP contribution in [0.4, 0.5) is 0 Å². The molecule has 1 nitrogen and oxygen atoms in total. The second-order valence-electron chi connectivity index (χ2n) is 5.39. The Morgan fingerprint density at radius 1 is 1.21 bits per heavy atom. The van der Waals surface area contributed by atoms with Crippen molar-refractivity contribution in [3.05, 3.63) is 11.6 Å². The van der Waals surface area contributed by atoms with Gasteiger partial charge in [-0.05, 0) is 56.5 Å². The van der Waals surface area contributed by atoms with Crippen LogP contribution >= 0.6 is 0 Å².